The number of sulfonamides is 1. The van der Waals surface area contributed by atoms with Crippen LogP contribution in [0.2, 0.25) is 0 Å². The second kappa shape index (κ2) is 5.16. The summed E-state index contributed by atoms with van der Waals surface area (Å²) in [5.41, 5.74) is 0.830. The van der Waals surface area contributed by atoms with Gasteiger partial charge in [-0.3, -0.25) is 5.10 Å². The molecule has 96 valence electrons. The summed E-state index contributed by atoms with van der Waals surface area (Å²) in [6, 6.07) is 0.529. The van der Waals surface area contributed by atoms with Crippen molar-refractivity contribution in [2.45, 2.75) is 37.6 Å². The monoisotopic (exact) mass is 258 g/mol. The average molecular weight is 258 g/mol. The predicted molar refractivity (Wildman–Crippen MR) is 64.8 cm³/mol. The summed E-state index contributed by atoms with van der Waals surface area (Å²) < 4.78 is 26.3. The molecular formula is C10H18N4O2S. The van der Waals surface area contributed by atoms with Crippen molar-refractivity contribution < 1.29 is 8.42 Å². The first-order valence-corrected chi connectivity index (χ1v) is 7.32. The molecule has 1 aliphatic rings. The van der Waals surface area contributed by atoms with Gasteiger partial charge in [0.25, 0.3) is 0 Å². The lowest BCUT2D eigenvalue weighted by Gasteiger charge is -2.14. The van der Waals surface area contributed by atoms with Gasteiger partial charge in [-0.15, -0.1) is 0 Å². The molecule has 0 aliphatic heterocycles. The van der Waals surface area contributed by atoms with Crippen LogP contribution in [0.15, 0.2) is 12.4 Å². The number of rotatable bonds is 7. The van der Waals surface area contributed by atoms with Gasteiger partial charge in [-0.05, 0) is 19.8 Å². The molecule has 0 aromatic carbocycles. The summed E-state index contributed by atoms with van der Waals surface area (Å²) in [5, 5.41) is 9.21. The second-order valence-corrected chi connectivity index (χ2v) is 6.65. The Balaban J connectivity index is 1.79. The number of aromatic nitrogens is 2. The molecule has 3 N–H and O–H groups in total. The Labute approximate surface area is 101 Å². The number of nitrogens with zero attached hydrogens (tertiary/aromatic N) is 1. The Morgan fingerprint density at radius 3 is 2.94 bits per heavy atom. The third-order valence-corrected chi connectivity index (χ3v) is 4.61. The molecule has 1 aromatic heterocycles. The molecule has 0 bridgehead atoms. The average Bonchev–Trinajstić information content (AvgIpc) is 2.97. The highest BCUT2D eigenvalue weighted by molar-refractivity contribution is 7.90. The molecule has 1 fully saturated rings. The van der Waals surface area contributed by atoms with Crippen LogP contribution in [0.3, 0.4) is 0 Å². The predicted octanol–water partition coefficient (Wildman–Crippen LogP) is -0.0304. The SMILES string of the molecule is CC(CNC1CC1)S(=O)(=O)NCc1cn[nH]c1. The van der Waals surface area contributed by atoms with Gasteiger partial charge in [-0.25, -0.2) is 13.1 Å². The highest BCUT2D eigenvalue weighted by Gasteiger charge is 2.25. The molecule has 2 rings (SSSR count). The van der Waals surface area contributed by atoms with Crippen LogP contribution >= 0.6 is 0 Å². The topological polar surface area (TPSA) is 86.9 Å². The van der Waals surface area contributed by atoms with Crippen LogP contribution in [0.5, 0.6) is 0 Å². The molecular weight excluding hydrogens is 240 g/mol. The standard InChI is InChI=1S/C10H18N4O2S/c1-8(4-11-10-2-3-10)17(15,16)14-7-9-5-12-13-6-9/h5-6,8,10-11,14H,2-4,7H2,1H3,(H,12,13). The van der Waals surface area contributed by atoms with Crippen LogP contribution in [-0.4, -0.2) is 36.5 Å². The maximum absolute atomic E-state index is 11.9. The molecule has 6 nitrogen and oxygen atoms in total. The van der Waals surface area contributed by atoms with Crippen molar-refractivity contribution >= 4 is 10.0 Å². The maximum Gasteiger partial charge on any atom is 0.215 e. The number of hydrogen-bond acceptors (Lipinski definition) is 4. The lowest BCUT2D eigenvalue weighted by atomic mass is 10.4. The van der Waals surface area contributed by atoms with E-state index < -0.39 is 15.3 Å². The van der Waals surface area contributed by atoms with Gasteiger partial charge in [-0.2, -0.15) is 5.10 Å². The summed E-state index contributed by atoms with van der Waals surface area (Å²) in [6.07, 6.45) is 5.61. The Hall–Kier alpha value is -0.920. The molecule has 0 saturated heterocycles. The van der Waals surface area contributed by atoms with Gasteiger partial charge < -0.3 is 5.32 Å². The lowest BCUT2D eigenvalue weighted by molar-refractivity contribution is 0.557. The van der Waals surface area contributed by atoms with E-state index >= 15 is 0 Å². The van der Waals surface area contributed by atoms with Gasteiger partial charge in [0.2, 0.25) is 10.0 Å². The molecule has 1 saturated carbocycles. The van der Waals surface area contributed by atoms with Crippen LogP contribution in [-0.2, 0) is 16.6 Å². The van der Waals surface area contributed by atoms with E-state index in [2.05, 4.69) is 20.2 Å². The van der Waals surface area contributed by atoms with Crippen molar-refractivity contribution in [2.24, 2.45) is 0 Å². The third-order valence-electron chi connectivity index (χ3n) is 2.83. The summed E-state index contributed by atoms with van der Waals surface area (Å²) in [6.45, 7) is 2.51. The summed E-state index contributed by atoms with van der Waals surface area (Å²) in [7, 11) is -3.26. The van der Waals surface area contributed by atoms with Gasteiger partial charge >= 0.3 is 0 Å². The molecule has 1 unspecified atom stereocenters. The van der Waals surface area contributed by atoms with Gasteiger partial charge in [0.05, 0.1) is 11.4 Å². The smallest absolute Gasteiger partial charge is 0.215 e. The van der Waals surface area contributed by atoms with Crippen LogP contribution in [0.1, 0.15) is 25.3 Å². The van der Waals surface area contributed by atoms with Crippen molar-refractivity contribution in [1.82, 2.24) is 20.2 Å². The van der Waals surface area contributed by atoms with Crippen molar-refractivity contribution in [3.05, 3.63) is 18.0 Å². The summed E-state index contributed by atoms with van der Waals surface area (Å²) in [4.78, 5) is 0. The van der Waals surface area contributed by atoms with E-state index in [0.29, 0.717) is 12.6 Å². The molecule has 1 atom stereocenters. The maximum atomic E-state index is 11.9. The Morgan fingerprint density at radius 1 is 1.59 bits per heavy atom. The van der Waals surface area contributed by atoms with Crippen molar-refractivity contribution in [2.75, 3.05) is 6.54 Å². The minimum absolute atomic E-state index is 0.284. The van der Waals surface area contributed by atoms with E-state index in [1.807, 2.05) is 0 Å². The molecule has 7 heteroatoms. The van der Waals surface area contributed by atoms with Gasteiger partial charge in [0.1, 0.15) is 0 Å². The highest BCUT2D eigenvalue weighted by Crippen LogP contribution is 2.18. The number of nitrogens with one attached hydrogen (secondary N) is 3. The largest absolute Gasteiger partial charge is 0.313 e. The molecule has 1 aromatic rings. The zero-order valence-corrected chi connectivity index (χ0v) is 10.6. The van der Waals surface area contributed by atoms with Gasteiger partial charge in [-0.1, -0.05) is 0 Å². The summed E-state index contributed by atoms with van der Waals surface area (Å²) in [5.74, 6) is 0. The van der Waals surface area contributed by atoms with Crippen LogP contribution in [0.25, 0.3) is 0 Å². The Bertz CT molecular complexity index is 439. The molecule has 17 heavy (non-hydrogen) atoms. The van der Waals surface area contributed by atoms with E-state index in [-0.39, 0.29) is 6.54 Å². The van der Waals surface area contributed by atoms with Crippen molar-refractivity contribution in [3.8, 4) is 0 Å². The van der Waals surface area contributed by atoms with E-state index in [4.69, 9.17) is 0 Å². The van der Waals surface area contributed by atoms with E-state index in [1.165, 1.54) is 0 Å². The number of H-pyrrole nitrogens is 1. The molecule has 0 radical (unpaired) electrons. The quantitative estimate of drug-likeness (QED) is 0.641. The van der Waals surface area contributed by atoms with Crippen LogP contribution in [0, 0.1) is 0 Å². The zero-order chi connectivity index (χ0) is 12.3. The van der Waals surface area contributed by atoms with E-state index in [9.17, 15) is 8.42 Å². The normalized spacial score (nSPS) is 18.2. The van der Waals surface area contributed by atoms with Gasteiger partial charge in [0, 0.05) is 30.9 Å². The highest BCUT2D eigenvalue weighted by atomic mass is 32.2. The first-order valence-electron chi connectivity index (χ1n) is 5.77. The van der Waals surface area contributed by atoms with E-state index in [0.717, 1.165) is 18.4 Å². The fourth-order valence-corrected chi connectivity index (χ4v) is 2.40. The minimum atomic E-state index is -3.26. The number of aromatic amines is 1. The molecule has 0 spiro atoms. The fourth-order valence-electron chi connectivity index (χ4n) is 1.43. The molecule has 0 amide bonds. The lowest BCUT2D eigenvalue weighted by Crippen LogP contribution is -2.39. The summed E-state index contributed by atoms with van der Waals surface area (Å²) >= 11 is 0. The molecule has 1 aliphatic carbocycles. The van der Waals surface area contributed by atoms with Crippen LogP contribution in [0.4, 0.5) is 0 Å². The Morgan fingerprint density at radius 2 is 2.35 bits per heavy atom. The van der Waals surface area contributed by atoms with Crippen molar-refractivity contribution in [3.63, 3.8) is 0 Å². The van der Waals surface area contributed by atoms with Crippen molar-refractivity contribution in [1.29, 1.82) is 0 Å². The van der Waals surface area contributed by atoms with Gasteiger partial charge in [0.15, 0.2) is 0 Å². The van der Waals surface area contributed by atoms with Crippen LogP contribution < -0.4 is 10.0 Å². The second-order valence-electron chi connectivity index (χ2n) is 4.47. The fraction of sp³-hybridized carbons (Fsp3) is 0.700. The minimum Gasteiger partial charge on any atom is -0.313 e. The van der Waals surface area contributed by atoms with E-state index in [1.54, 1.807) is 19.3 Å². The number of hydrogen-bond donors (Lipinski definition) is 3. The zero-order valence-electron chi connectivity index (χ0n) is 9.81. The first-order chi connectivity index (χ1) is 8.08. The Kier molecular flexibility index (Phi) is 3.80. The third kappa shape index (κ3) is 3.79. The molecule has 1 heterocycles. The first kappa shape index (κ1) is 12.5.